The molecule has 0 fully saturated rings. The number of ether oxygens (including phenoxy) is 2. The van der Waals surface area contributed by atoms with Crippen LogP contribution in [-0.4, -0.2) is 12.9 Å². The van der Waals surface area contributed by atoms with E-state index in [0.717, 1.165) is 18.6 Å². The first-order valence-electron chi connectivity index (χ1n) is 6.59. The fourth-order valence-corrected chi connectivity index (χ4v) is 2.72. The lowest BCUT2D eigenvalue weighted by Crippen LogP contribution is -2.26. The van der Waals surface area contributed by atoms with E-state index >= 15 is 0 Å². The smallest absolute Gasteiger partial charge is 0.200 e. The minimum atomic E-state index is -0.0811. The zero-order chi connectivity index (χ0) is 12.5. The Hall–Kier alpha value is -1.54. The van der Waals surface area contributed by atoms with Crippen LogP contribution in [0.3, 0.4) is 0 Å². The van der Waals surface area contributed by atoms with Gasteiger partial charge >= 0.3 is 0 Å². The molecule has 0 amide bonds. The van der Waals surface area contributed by atoms with Crippen molar-refractivity contribution in [1.29, 1.82) is 0 Å². The number of aryl methyl sites for hydroxylation is 2. The molecule has 2 aromatic rings. The molecule has 0 N–H and O–H groups in total. The first-order valence-corrected chi connectivity index (χ1v) is 6.59. The first-order chi connectivity index (χ1) is 8.79. The Morgan fingerprint density at radius 3 is 3.00 bits per heavy atom. The van der Waals surface area contributed by atoms with E-state index in [1.165, 1.54) is 21.9 Å². The van der Waals surface area contributed by atoms with Crippen LogP contribution in [0.5, 0.6) is 5.75 Å². The molecule has 0 bridgehead atoms. The van der Waals surface area contributed by atoms with Crippen LogP contribution in [0.4, 0.5) is 0 Å². The molecule has 1 heterocycles. The summed E-state index contributed by atoms with van der Waals surface area (Å²) >= 11 is 0. The average Bonchev–Trinajstić information content (AvgIpc) is 2.40. The van der Waals surface area contributed by atoms with Crippen LogP contribution in [0.1, 0.15) is 24.5 Å². The van der Waals surface area contributed by atoms with E-state index in [4.69, 9.17) is 9.47 Å². The maximum absolute atomic E-state index is 5.99. The Balaban J connectivity index is 2.10. The summed E-state index contributed by atoms with van der Waals surface area (Å²) in [6, 6.07) is 10.7. The van der Waals surface area contributed by atoms with E-state index in [-0.39, 0.29) is 6.29 Å². The van der Waals surface area contributed by atoms with Crippen molar-refractivity contribution in [3.63, 3.8) is 0 Å². The van der Waals surface area contributed by atoms with Gasteiger partial charge in [0.2, 0.25) is 0 Å². The zero-order valence-electron chi connectivity index (χ0n) is 10.9. The van der Waals surface area contributed by atoms with Crippen LogP contribution < -0.4 is 4.74 Å². The molecule has 1 aliphatic heterocycles. The van der Waals surface area contributed by atoms with Crippen molar-refractivity contribution in [3.8, 4) is 5.75 Å². The number of hydrogen-bond acceptors (Lipinski definition) is 2. The molecule has 0 aromatic heterocycles. The normalized spacial score (nSPS) is 18.4. The van der Waals surface area contributed by atoms with Crippen molar-refractivity contribution in [1.82, 2.24) is 0 Å². The minimum absolute atomic E-state index is 0.0811. The molecule has 94 valence electrons. The molecule has 2 heteroatoms. The fourth-order valence-electron chi connectivity index (χ4n) is 2.72. The molecule has 1 atom stereocenters. The van der Waals surface area contributed by atoms with Crippen molar-refractivity contribution in [3.05, 3.63) is 41.5 Å². The Kier molecular flexibility index (Phi) is 2.96. The second kappa shape index (κ2) is 4.62. The SMILES string of the molecule is CCOC1CCc2c(c(C)cc3ccccc23)O1. The van der Waals surface area contributed by atoms with E-state index in [1.54, 1.807) is 0 Å². The lowest BCUT2D eigenvalue weighted by molar-refractivity contribution is -0.0862. The highest BCUT2D eigenvalue weighted by atomic mass is 16.7. The second-order valence-electron chi connectivity index (χ2n) is 4.76. The van der Waals surface area contributed by atoms with Gasteiger partial charge in [0.05, 0.1) is 0 Å². The van der Waals surface area contributed by atoms with Crippen molar-refractivity contribution < 1.29 is 9.47 Å². The monoisotopic (exact) mass is 242 g/mol. The lowest BCUT2D eigenvalue weighted by Gasteiger charge is -2.28. The fraction of sp³-hybridized carbons (Fsp3) is 0.375. The van der Waals surface area contributed by atoms with E-state index in [0.29, 0.717) is 6.61 Å². The highest BCUT2D eigenvalue weighted by Gasteiger charge is 2.23. The molecule has 2 nitrogen and oxygen atoms in total. The molecule has 0 spiro atoms. The number of fused-ring (bicyclic) bond motifs is 3. The predicted molar refractivity (Wildman–Crippen MR) is 73.0 cm³/mol. The van der Waals surface area contributed by atoms with Gasteiger partial charge in [0.1, 0.15) is 5.75 Å². The third-order valence-electron chi connectivity index (χ3n) is 3.52. The first kappa shape index (κ1) is 11.5. The molecular formula is C16H18O2. The summed E-state index contributed by atoms with van der Waals surface area (Å²) in [4.78, 5) is 0. The summed E-state index contributed by atoms with van der Waals surface area (Å²) in [5.74, 6) is 1.03. The molecule has 0 saturated carbocycles. The van der Waals surface area contributed by atoms with Crippen LogP contribution in [0.2, 0.25) is 0 Å². The molecular weight excluding hydrogens is 224 g/mol. The summed E-state index contributed by atoms with van der Waals surface area (Å²) in [5, 5.41) is 2.61. The molecule has 0 saturated heterocycles. The van der Waals surface area contributed by atoms with Gasteiger partial charge in [0, 0.05) is 18.6 Å². The zero-order valence-corrected chi connectivity index (χ0v) is 10.9. The summed E-state index contributed by atoms with van der Waals surface area (Å²) in [5.41, 5.74) is 2.54. The minimum Gasteiger partial charge on any atom is -0.464 e. The summed E-state index contributed by atoms with van der Waals surface area (Å²) < 4.78 is 11.6. The van der Waals surface area contributed by atoms with Gasteiger partial charge in [-0.05, 0) is 42.7 Å². The van der Waals surface area contributed by atoms with E-state index in [1.807, 2.05) is 6.92 Å². The van der Waals surface area contributed by atoms with Crippen molar-refractivity contribution in [2.45, 2.75) is 33.0 Å². The highest BCUT2D eigenvalue weighted by Crippen LogP contribution is 2.37. The largest absolute Gasteiger partial charge is 0.464 e. The van der Waals surface area contributed by atoms with Gasteiger partial charge < -0.3 is 9.47 Å². The quantitative estimate of drug-likeness (QED) is 0.796. The second-order valence-corrected chi connectivity index (χ2v) is 4.76. The van der Waals surface area contributed by atoms with E-state index < -0.39 is 0 Å². The van der Waals surface area contributed by atoms with Crippen molar-refractivity contribution in [2.75, 3.05) is 6.61 Å². The van der Waals surface area contributed by atoms with Crippen molar-refractivity contribution >= 4 is 10.8 Å². The maximum atomic E-state index is 5.99. The van der Waals surface area contributed by atoms with Gasteiger partial charge in [-0.25, -0.2) is 0 Å². The third-order valence-corrected chi connectivity index (χ3v) is 3.52. The molecule has 18 heavy (non-hydrogen) atoms. The molecule has 0 aliphatic carbocycles. The van der Waals surface area contributed by atoms with Crippen LogP contribution >= 0.6 is 0 Å². The lowest BCUT2D eigenvalue weighted by atomic mass is 9.95. The van der Waals surface area contributed by atoms with Crippen LogP contribution in [0.15, 0.2) is 30.3 Å². The van der Waals surface area contributed by atoms with Gasteiger partial charge in [-0.15, -0.1) is 0 Å². The maximum Gasteiger partial charge on any atom is 0.200 e. The Bertz CT molecular complexity index is 575. The Morgan fingerprint density at radius 2 is 2.17 bits per heavy atom. The van der Waals surface area contributed by atoms with E-state index in [9.17, 15) is 0 Å². The standard InChI is InChI=1S/C16H18O2/c1-3-17-15-9-8-14-13-7-5-4-6-12(13)10-11(2)16(14)18-15/h4-7,10,15H,3,8-9H2,1-2H3. The topological polar surface area (TPSA) is 18.5 Å². The van der Waals surface area contributed by atoms with Crippen molar-refractivity contribution in [2.24, 2.45) is 0 Å². The average molecular weight is 242 g/mol. The predicted octanol–water partition coefficient (Wildman–Crippen LogP) is 3.84. The Labute approximate surface area is 108 Å². The molecule has 3 rings (SSSR count). The number of hydrogen-bond donors (Lipinski definition) is 0. The van der Waals surface area contributed by atoms with Crippen LogP contribution in [-0.2, 0) is 11.2 Å². The van der Waals surface area contributed by atoms with Gasteiger partial charge in [0.25, 0.3) is 0 Å². The van der Waals surface area contributed by atoms with Crippen LogP contribution in [0.25, 0.3) is 10.8 Å². The summed E-state index contributed by atoms with van der Waals surface area (Å²) in [6.07, 6.45) is 1.89. The van der Waals surface area contributed by atoms with E-state index in [2.05, 4.69) is 37.3 Å². The van der Waals surface area contributed by atoms with Gasteiger partial charge in [-0.3, -0.25) is 0 Å². The van der Waals surface area contributed by atoms with Crippen LogP contribution in [0, 0.1) is 6.92 Å². The molecule has 0 radical (unpaired) electrons. The highest BCUT2D eigenvalue weighted by molar-refractivity contribution is 5.89. The molecule has 1 unspecified atom stereocenters. The van der Waals surface area contributed by atoms with Gasteiger partial charge in [0.15, 0.2) is 6.29 Å². The number of benzene rings is 2. The third kappa shape index (κ3) is 1.87. The number of rotatable bonds is 2. The Morgan fingerprint density at radius 1 is 1.33 bits per heavy atom. The van der Waals surface area contributed by atoms with Gasteiger partial charge in [-0.1, -0.05) is 24.3 Å². The summed E-state index contributed by atoms with van der Waals surface area (Å²) in [7, 11) is 0. The van der Waals surface area contributed by atoms with Gasteiger partial charge in [-0.2, -0.15) is 0 Å². The summed E-state index contributed by atoms with van der Waals surface area (Å²) in [6.45, 7) is 4.82. The molecule has 1 aliphatic rings. The molecule has 2 aromatic carbocycles.